The Balaban J connectivity index is 1.44. The van der Waals surface area contributed by atoms with E-state index in [2.05, 4.69) is 34.1 Å². The van der Waals surface area contributed by atoms with Gasteiger partial charge >= 0.3 is 5.63 Å². The summed E-state index contributed by atoms with van der Waals surface area (Å²) in [6.45, 7) is 4.90. The van der Waals surface area contributed by atoms with Crippen LogP contribution in [0.1, 0.15) is 5.56 Å². The van der Waals surface area contributed by atoms with Crippen molar-refractivity contribution in [2.24, 2.45) is 0 Å². The standard InChI is InChI=1S/C23H21N3O2/c27-22-15-18(23-19-6-2-1-5-17(19)8-9-20(23)28-22)16-25-11-13-26(14-12-25)21-7-3-4-10-24-21/h1-10,15H,11-14,16H2/p+2. The van der Waals surface area contributed by atoms with Crippen LogP contribution in [0.3, 0.4) is 0 Å². The minimum absolute atomic E-state index is 0.269. The Hall–Kier alpha value is -3.18. The van der Waals surface area contributed by atoms with Gasteiger partial charge in [0.1, 0.15) is 38.3 Å². The molecule has 2 N–H and O–H groups in total. The smallest absolute Gasteiger partial charge is 0.336 e. The maximum Gasteiger partial charge on any atom is 0.336 e. The molecule has 0 radical (unpaired) electrons. The Morgan fingerprint density at radius 2 is 1.82 bits per heavy atom. The largest absolute Gasteiger partial charge is 0.423 e. The minimum atomic E-state index is -0.269. The van der Waals surface area contributed by atoms with Crippen molar-refractivity contribution in [3.63, 3.8) is 0 Å². The normalized spacial score (nSPS) is 15.4. The number of pyridine rings is 1. The Bertz CT molecular complexity index is 1180. The van der Waals surface area contributed by atoms with Crippen LogP contribution in [0, 0.1) is 0 Å². The predicted octanol–water partition coefficient (Wildman–Crippen LogP) is 1.67. The number of hydrogen-bond acceptors (Lipinski definition) is 3. The van der Waals surface area contributed by atoms with Gasteiger partial charge in [0.15, 0.2) is 0 Å². The number of quaternary nitrogens is 1. The molecule has 0 aliphatic carbocycles. The van der Waals surface area contributed by atoms with Crippen LogP contribution < -0.4 is 20.4 Å². The lowest BCUT2D eigenvalue weighted by atomic mass is 10.0. The molecule has 5 nitrogen and oxygen atoms in total. The summed E-state index contributed by atoms with van der Waals surface area (Å²) in [5, 5.41) is 3.39. The van der Waals surface area contributed by atoms with Crippen molar-refractivity contribution in [3.8, 4) is 0 Å². The van der Waals surface area contributed by atoms with Crippen molar-refractivity contribution in [1.29, 1.82) is 0 Å². The maximum absolute atomic E-state index is 12.1. The van der Waals surface area contributed by atoms with Crippen molar-refractivity contribution in [2.75, 3.05) is 31.1 Å². The van der Waals surface area contributed by atoms with Crippen LogP contribution in [-0.4, -0.2) is 26.2 Å². The second-order valence-electron chi connectivity index (χ2n) is 7.41. The van der Waals surface area contributed by atoms with Crippen LogP contribution in [-0.2, 0) is 6.54 Å². The molecular formula is C23H23N3O2+2. The lowest BCUT2D eigenvalue weighted by molar-refractivity contribution is -0.914. The van der Waals surface area contributed by atoms with E-state index < -0.39 is 0 Å². The quantitative estimate of drug-likeness (QED) is 0.439. The zero-order valence-corrected chi connectivity index (χ0v) is 15.7. The maximum atomic E-state index is 12.1. The van der Waals surface area contributed by atoms with Gasteiger partial charge in [-0.3, -0.25) is 4.90 Å². The van der Waals surface area contributed by atoms with Gasteiger partial charge in [0, 0.05) is 23.1 Å². The van der Waals surface area contributed by atoms with E-state index in [1.54, 1.807) is 6.07 Å². The molecule has 0 saturated carbocycles. The number of aromatic nitrogens is 1. The number of piperazine rings is 1. The van der Waals surface area contributed by atoms with E-state index in [4.69, 9.17) is 4.42 Å². The fraction of sp³-hybridized carbons (Fsp3) is 0.217. The number of aromatic amines is 1. The summed E-state index contributed by atoms with van der Waals surface area (Å²) in [4.78, 5) is 19.3. The van der Waals surface area contributed by atoms with E-state index in [1.165, 1.54) is 16.1 Å². The molecule has 1 fully saturated rings. The van der Waals surface area contributed by atoms with Crippen molar-refractivity contribution in [2.45, 2.75) is 6.54 Å². The molecule has 28 heavy (non-hydrogen) atoms. The first-order valence-electron chi connectivity index (χ1n) is 9.78. The fourth-order valence-electron chi connectivity index (χ4n) is 4.25. The number of anilines is 1. The highest BCUT2D eigenvalue weighted by Gasteiger charge is 2.26. The van der Waals surface area contributed by atoms with Crippen LogP contribution in [0.15, 0.2) is 76.1 Å². The average Bonchev–Trinajstić information content (AvgIpc) is 2.74. The van der Waals surface area contributed by atoms with Gasteiger partial charge in [0.05, 0.1) is 6.20 Å². The van der Waals surface area contributed by atoms with Gasteiger partial charge in [0.25, 0.3) is 5.82 Å². The van der Waals surface area contributed by atoms with E-state index in [0.717, 1.165) is 49.1 Å². The van der Waals surface area contributed by atoms with Gasteiger partial charge < -0.3 is 9.32 Å². The summed E-state index contributed by atoms with van der Waals surface area (Å²) in [5.41, 5.74) is 1.49. The van der Waals surface area contributed by atoms with Crippen LogP contribution in [0.25, 0.3) is 21.7 Å². The van der Waals surface area contributed by atoms with Crippen molar-refractivity contribution in [3.05, 3.63) is 82.8 Å². The highest BCUT2D eigenvalue weighted by atomic mass is 16.4. The van der Waals surface area contributed by atoms with Gasteiger partial charge in [-0.25, -0.2) is 9.78 Å². The van der Waals surface area contributed by atoms with Crippen molar-refractivity contribution in [1.82, 2.24) is 0 Å². The number of nitrogens with one attached hydrogen (secondary N) is 2. The van der Waals surface area contributed by atoms with Gasteiger partial charge in [0.2, 0.25) is 0 Å². The second-order valence-corrected chi connectivity index (χ2v) is 7.41. The summed E-state index contributed by atoms with van der Waals surface area (Å²) in [6.07, 6.45) is 1.97. The van der Waals surface area contributed by atoms with E-state index >= 15 is 0 Å². The lowest BCUT2D eigenvalue weighted by Gasteiger charge is -2.28. The summed E-state index contributed by atoms with van der Waals surface area (Å²) in [6, 6.07) is 20.1. The summed E-state index contributed by atoms with van der Waals surface area (Å²) < 4.78 is 5.50. The van der Waals surface area contributed by atoms with E-state index in [1.807, 2.05) is 36.5 Å². The third-order valence-corrected chi connectivity index (χ3v) is 5.66. The molecule has 0 atom stereocenters. The Morgan fingerprint density at radius 3 is 2.64 bits per heavy atom. The third-order valence-electron chi connectivity index (χ3n) is 5.66. The molecular weight excluding hydrogens is 350 g/mol. The van der Waals surface area contributed by atoms with Crippen LogP contribution in [0.2, 0.25) is 0 Å². The predicted molar refractivity (Wildman–Crippen MR) is 110 cm³/mol. The highest BCUT2D eigenvalue weighted by Crippen LogP contribution is 2.27. The van der Waals surface area contributed by atoms with Gasteiger partial charge in [-0.2, -0.15) is 0 Å². The molecule has 2 aromatic heterocycles. The molecule has 1 saturated heterocycles. The highest BCUT2D eigenvalue weighted by molar-refractivity contribution is 6.06. The number of H-pyrrole nitrogens is 1. The number of hydrogen-bond donors (Lipinski definition) is 1. The van der Waals surface area contributed by atoms with Gasteiger partial charge in [-0.05, 0) is 22.9 Å². The van der Waals surface area contributed by atoms with Crippen molar-refractivity contribution >= 4 is 27.6 Å². The van der Waals surface area contributed by atoms with Crippen LogP contribution >= 0.6 is 0 Å². The van der Waals surface area contributed by atoms with E-state index in [-0.39, 0.29) is 5.63 Å². The first-order valence-corrected chi connectivity index (χ1v) is 9.78. The minimum Gasteiger partial charge on any atom is -0.423 e. The molecule has 2 aromatic carbocycles. The molecule has 4 aromatic rings. The molecule has 5 rings (SSSR count). The first-order chi connectivity index (χ1) is 13.8. The summed E-state index contributed by atoms with van der Waals surface area (Å²) >= 11 is 0. The van der Waals surface area contributed by atoms with E-state index in [9.17, 15) is 4.79 Å². The zero-order valence-electron chi connectivity index (χ0n) is 15.7. The van der Waals surface area contributed by atoms with Crippen LogP contribution in [0.4, 0.5) is 5.82 Å². The Morgan fingerprint density at radius 1 is 1.00 bits per heavy atom. The molecule has 3 heterocycles. The molecule has 0 bridgehead atoms. The SMILES string of the molecule is O=c1cc(C[NH+]2CCN(c3cccc[nH+]3)CC2)c2c(ccc3ccccc32)o1. The number of nitrogens with zero attached hydrogens (tertiary/aromatic N) is 1. The number of rotatable bonds is 3. The summed E-state index contributed by atoms with van der Waals surface area (Å²) in [5.74, 6) is 1.17. The Kier molecular flexibility index (Phi) is 4.29. The second kappa shape index (κ2) is 7.09. The van der Waals surface area contributed by atoms with E-state index in [0.29, 0.717) is 5.58 Å². The summed E-state index contributed by atoms with van der Waals surface area (Å²) in [7, 11) is 0. The first kappa shape index (κ1) is 17.0. The van der Waals surface area contributed by atoms with Crippen molar-refractivity contribution < 1.29 is 14.3 Å². The van der Waals surface area contributed by atoms with Gasteiger partial charge in [-0.1, -0.05) is 36.4 Å². The average molecular weight is 373 g/mol. The fourth-order valence-corrected chi connectivity index (χ4v) is 4.25. The third kappa shape index (κ3) is 3.14. The lowest BCUT2D eigenvalue weighted by Crippen LogP contribution is -3.13. The topological polar surface area (TPSA) is 52.0 Å². The zero-order chi connectivity index (χ0) is 18.9. The molecule has 5 heteroatoms. The Labute approximate surface area is 162 Å². The molecule has 1 aliphatic rings. The monoisotopic (exact) mass is 373 g/mol. The molecule has 0 unspecified atom stereocenters. The molecule has 1 aliphatic heterocycles. The number of fused-ring (bicyclic) bond motifs is 3. The molecule has 0 amide bonds. The van der Waals surface area contributed by atoms with Gasteiger partial charge in [-0.15, -0.1) is 0 Å². The molecule has 0 spiro atoms. The molecule has 140 valence electrons. The van der Waals surface area contributed by atoms with Crippen LogP contribution in [0.5, 0.6) is 0 Å². The number of benzene rings is 2.